The zero-order chi connectivity index (χ0) is 10.4. The Hall–Kier alpha value is -1.00. The molecule has 0 aliphatic rings. The van der Waals surface area contributed by atoms with Crippen LogP contribution in [0.3, 0.4) is 0 Å². The molecule has 76 valence electrons. The number of carbonyl (C=O) groups excluding carboxylic acids is 1. The van der Waals surface area contributed by atoms with Crippen molar-refractivity contribution in [2.45, 2.75) is 12.5 Å². The van der Waals surface area contributed by atoms with E-state index in [0.717, 1.165) is 5.56 Å². The number of ether oxygens (including phenoxy) is 1. The second-order valence-electron chi connectivity index (χ2n) is 2.89. The average molecular weight is 211 g/mol. The van der Waals surface area contributed by atoms with E-state index < -0.39 is 6.04 Å². The van der Waals surface area contributed by atoms with Crippen LogP contribution in [0.2, 0.25) is 0 Å². The van der Waals surface area contributed by atoms with Gasteiger partial charge in [0.25, 0.3) is 0 Å². The largest absolute Gasteiger partial charge is 0.468 e. The van der Waals surface area contributed by atoms with Crippen LogP contribution >= 0.6 is 12.8 Å². The lowest BCUT2D eigenvalue weighted by Crippen LogP contribution is -2.34. The van der Waals surface area contributed by atoms with E-state index in [1.54, 1.807) is 0 Å². The van der Waals surface area contributed by atoms with Gasteiger partial charge in [-0.25, -0.2) is 0 Å². The average Bonchev–Trinajstić information content (AvgIpc) is 2.26. The molecule has 0 aromatic heterocycles. The fourth-order valence-electron chi connectivity index (χ4n) is 1.17. The summed E-state index contributed by atoms with van der Waals surface area (Å²) in [5.41, 5.74) is 1.07. The zero-order valence-electron chi connectivity index (χ0n) is 7.93. The van der Waals surface area contributed by atoms with Crippen molar-refractivity contribution >= 4 is 18.8 Å². The van der Waals surface area contributed by atoms with Gasteiger partial charge in [0.1, 0.15) is 6.04 Å². The molecule has 1 aromatic rings. The highest BCUT2D eigenvalue weighted by Gasteiger charge is 2.17. The van der Waals surface area contributed by atoms with Crippen LogP contribution in [0.25, 0.3) is 0 Å². The molecule has 14 heavy (non-hydrogen) atoms. The van der Waals surface area contributed by atoms with E-state index in [0.29, 0.717) is 6.42 Å². The van der Waals surface area contributed by atoms with E-state index >= 15 is 0 Å². The van der Waals surface area contributed by atoms with Crippen LogP contribution in [0.15, 0.2) is 30.3 Å². The molecule has 0 spiro atoms. The molecule has 0 saturated carbocycles. The molecule has 1 rings (SSSR count). The van der Waals surface area contributed by atoms with Crippen LogP contribution in [0.1, 0.15) is 5.56 Å². The van der Waals surface area contributed by atoms with Gasteiger partial charge in [0.05, 0.1) is 7.11 Å². The summed E-state index contributed by atoms with van der Waals surface area (Å²) in [5.74, 6) is -0.302. The van der Waals surface area contributed by atoms with Crippen molar-refractivity contribution in [1.29, 1.82) is 0 Å². The van der Waals surface area contributed by atoms with Gasteiger partial charge in [-0.3, -0.25) is 9.52 Å². The molecule has 0 aliphatic carbocycles. The Morgan fingerprint density at radius 2 is 2.14 bits per heavy atom. The standard InChI is InChI=1S/C10H13NO2S/c1-13-10(12)9(11-14)7-8-5-3-2-4-6-8/h2-6,9,11,14H,7H2,1H3/t9-/m0/s1. The highest BCUT2D eigenvalue weighted by Crippen LogP contribution is 2.04. The predicted octanol–water partition coefficient (Wildman–Crippen LogP) is 1.21. The number of hydrogen-bond acceptors (Lipinski definition) is 4. The SMILES string of the molecule is COC(=O)[C@H](Cc1ccccc1)NS. The summed E-state index contributed by atoms with van der Waals surface area (Å²) in [7, 11) is 1.37. The van der Waals surface area contributed by atoms with E-state index in [1.165, 1.54) is 7.11 Å². The normalized spacial score (nSPS) is 12.1. The minimum Gasteiger partial charge on any atom is -0.468 e. The third-order valence-corrected chi connectivity index (χ3v) is 2.24. The smallest absolute Gasteiger partial charge is 0.324 e. The second kappa shape index (κ2) is 5.67. The number of methoxy groups -OCH3 is 1. The predicted molar refractivity (Wildman–Crippen MR) is 58.1 cm³/mol. The van der Waals surface area contributed by atoms with Gasteiger partial charge in [0.15, 0.2) is 0 Å². The maximum absolute atomic E-state index is 11.2. The number of esters is 1. The summed E-state index contributed by atoms with van der Waals surface area (Å²) >= 11 is 3.89. The van der Waals surface area contributed by atoms with Gasteiger partial charge in [0.2, 0.25) is 0 Å². The van der Waals surface area contributed by atoms with Crippen molar-refractivity contribution in [1.82, 2.24) is 4.72 Å². The van der Waals surface area contributed by atoms with Crippen LogP contribution in [0.4, 0.5) is 0 Å². The van der Waals surface area contributed by atoms with Gasteiger partial charge in [-0.05, 0) is 12.0 Å². The summed E-state index contributed by atoms with van der Waals surface area (Å²) in [6, 6.07) is 9.32. The molecule has 0 heterocycles. The Kier molecular flexibility index (Phi) is 4.49. The summed E-state index contributed by atoms with van der Waals surface area (Å²) in [6.07, 6.45) is 0.580. The summed E-state index contributed by atoms with van der Waals surface area (Å²) in [6.45, 7) is 0. The molecule has 0 radical (unpaired) electrons. The molecule has 0 amide bonds. The monoisotopic (exact) mass is 211 g/mol. The van der Waals surface area contributed by atoms with Crippen LogP contribution in [0.5, 0.6) is 0 Å². The minimum absolute atomic E-state index is 0.302. The summed E-state index contributed by atoms with van der Waals surface area (Å²) < 4.78 is 7.25. The molecule has 1 atom stereocenters. The van der Waals surface area contributed by atoms with Crippen molar-refractivity contribution in [2.75, 3.05) is 7.11 Å². The molecule has 0 saturated heterocycles. The summed E-state index contributed by atoms with van der Waals surface area (Å²) in [4.78, 5) is 11.2. The van der Waals surface area contributed by atoms with Crippen molar-refractivity contribution in [3.05, 3.63) is 35.9 Å². The van der Waals surface area contributed by atoms with Crippen molar-refractivity contribution < 1.29 is 9.53 Å². The Bertz CT molecular complexity index is 289. The van der Waals surface area contributed by atoms with Gasteiger partial charge in [-0.2, -0.15) is 0 Å². The lowest BCUT2D eigenvalue weighted by atomic mass is 10.1. The fourth-order valence-corrected chi connectivity index (χ4v) is 1.37. The van der Waals surface area contributed by atoms with Gasteiger partial charge in [-0.15, -0.1) is 0 Å². The van der Waals surface area contributed by atoms with Gasteiger partial charge >= 0.3 is 5.97 Å². The van der Waals surface area contributed by atoms with E-state index in [9.17, 15) is 4.79 Å². The molecule has 0 fully saturated rings. The van der Waals surface area contributed by atoms with Crippen LogP contribution < -0.4 is 4.72 Å². The maximum Gasteiger partial charge on any atom is 0.324 e. The number of carbonyl (C=O) groups is 1. The summed E-state index contributed by atoms with van der Waals surface area (Å²) in [5, 5.41) is 0. The quantitative estimate of drug-likeness (QED) is 0.580. The third-order valence-electron chi connectivity index (χ3n) is 1.92. The first-order valence-electron chi connectivity index (χ1n) is 4.29. The van der Waals surface area contributed by atoms with Crippen LogP contribution in [-0.4, -0.2) is 19.1 Å². The minimum atomic E-state index is -0.397. The Morgan fingerprint density at radius 1 is 1.50 bits per heavy atom. The van der Waals surface area contributed by atoms with Gasteiger partial charge in [-0.1, -0.05) is 43.1 Å². The number of hydrogen-bond donors (Lipinski definition) is 2. The molecular weight excluding hydrogens is 198 g/mol. The van der Waals surface area contributed by atoms with Crippen LogP contribution in [0, 0.1) is 0 Å². The third kappa shape index (κ3) is 3.05. The first kappa shape index (κ1) is 11.1. The molecule has 0 unspecified atom stereocenters. The highest BCUT2D eigenvalue weighted by molar-refractivity contribution is 7.78. The zero-order valence-corrected chi connectivity index (χ0v) is 8.83. The Labute approximate surface area is 89.0 Å². The lowest BCUT2D eigenvalue weighted by molar-refractivity contribution is -0.142. The molecule has 0 aliphatic heterocycles. The molecule has 1 aromatic carbocycles. The number of thiol groups is 1. The van der Waals surface area contributed by atoms with E-state index in [2.05, 4.69) is 22.3 Å². The molecule has 1 N–H and O–H groups in total. The van der Waals surface area contributed by atoms with E-state index in [-0.39, 0.29) is 5.97 Å². The molecule has 4 heteroatoms. The first-order valence-corrected chi connectivity index (χ1v) is 4.74. The molecule has 0 bridgehead atoms. The lowest BCUT2D eigenvalue weighted by Gasteiger charge is -2.12. The van der Waals surface area contributed by atoms with Crippen LogP contribution in [-0.2, 0) is 16.0 Å². The highest BCUT2D eigenvalue weighted by atomic mass is 32.1. The van der Waals surface area contributed by atoms with Crippen molar-refractivity contribution in [3.8, 4) is 0 Å². The van der Waals surface area contributed by atoms with Crippen molar-refractivity contribution in [3.63, 3.8) is 0 Å². The molecular formula is C10H13NO2S. The Balaban J connectivity index is 2.62. The molecule has 3 nitrogen and oxygen atoms in total. The van der Waals surface area contributed by atoms with E-state index in [1.807, 2.05) is 30.3 Å². The Morgan fingerprint density at radius 3 is 2.64 bits per heavy atom. The van der Waals surface area contributed by atoms with E-state index in [4.69, 9.17) is 0 Å². The number of benzene rings is 1. The fraction of sp³-hybridized carbons (Fsp3) is 0.300. The van der Waals surface area contributed by atoms with Gasteiger partial charge in [0, 0.05) is 0 Å². The number of rotatable bonds is 4. The first-order chi connectivity index (χ1) is 6.77. The topological polar surface area (TPSA) is 38.3 Å². The maximum atomic E-state index is 11.2. The van der Waals surface area contributed by atoms with Gasteiger partial charge < -0.3 is 4.74 Å². The van der Waals surface area contributed by atoms with Crippen molar-refractivity contribution in [2.24, 2.45) is 0 Å². The second-order valence-corrected chi connectivity index (χ2v) is 3.15. The number of nitrogens with one attached hydrogen (secondary N) is 1.